The molecule has 0 aliphatic heterocycles. The molecule has 5 nitrogen and oxygen atoms in total. The summed E-state index contributed by atoms with van der Waals surface area (Å²) in [5.41, 5.74) is 1.84. The van der Waals surface area contributed by atoms with E-state index in [4.69, 9.17) is 23.2 Å². The average molecular weight is 435 g/mol. The Balaban J connectivity index is 1.90. The molecule has 0 fully saturated rings. The first-order valence-electron chi connectivity index (χ1n) is 8.21. The summed E-state index contributed by atoms with van der Waals surface area (Å²) in [6.07, 6.45) is 0. The zero-order valence-corrected chi connectivity index (χ0v) is 17.1. The van der Waals surface area contributed by atoms with Gasteiger partial charge in [0, 0.05) is 16.3 Å². The van der Waals surface area contributed by atoms with Crippen LogP contribution in [0.4, 0.5) is 11.4 Å². The highest BCUT2D eigenvalue weighted by atomic mass is 35.5. The number of carbonyl (C=O) groups excluding carboxylic acids is 1. The van der Waals surface area contributed by atoms with E-state index >= 15 is 0 Å². The highest BCUT2D eigenvalue weighted by molar-refractivity contribution is 7.92. The van der Waals surface area contributed by atoms with E-state index in [9.17, 15) is 13.2 Å². The van der Waals surface area contributed by atoms with Gasteiger partial charge in [0.2, 0.25) is 0 Å². The molecule has 0 heterocycles. The predicted octanol–water partition coefficient (Wildman–Crippen LogP) is 5.35. The molecular weight excluding hydrogens is 419 g/mol. The Morgan fingerprint density at radius 2 is 1.68 bits per heavy atom. The summed E-state index contributed by atoms with van der Waals surface area (Å²) in [6, 6.07) is 17.7. The number of aryl methyl sites for hydroxylation is 1. The standard InChI is InChI=1S/C20H16Cl2N2O3S/c1-13-5-2-3-8-18(13)24-28(26,27)19-11-14(9-10-17(19)22)20(25)23-16-7-4-6-15(21)12-16/h2-12,24H,1H3,(H,23,25). The van der Waals surface area contributed by atoms with Crippen LogP contribution in [0.5, 0.6) is 0 Å². The lowest BCUT2D eigenvalue weighted by atomic mass is 10.2. The van der Waals surface area contributed by atoms with Crippen LogP contribution in [0.15, 0.2) is 71.6 Å². The molecule has 3 aromatic rings. The van der Waals surface area contributed by atoms with Crippen molar-refractivity contribution in [3.63, 3.8) is 0 Å². The summed E-state index contributed by atoms with van der Waals surface area (Å²) in [6.45, 7) is 1.79. The van der Waals surface area contributed by atoms with Crippen LogP contribution in [0.3, 0.4) is 0 Å². The Morgan fingerprint density at radius 3 is 2.39 bits per heavy atom. The Kier molecular flexibility index (Phi) is 5.93. The van der Waals surface area contributed by atoms with E-state index in [1.807, 2.05) is 0 Å². The van der Waals surface area contributed by atoms with Crippen LogP contribution in [0.25, 0.3) is 0 Å². The lowest BCUT2D eigenvalue weighted by molar-refractivity contribution is 0.102. The number of sulfonamides is 1. The number of para-hydroxylation sites is 1. The zero-order valence-electron chi connectivity index (χ0n) is 14.7. The van der Waals surface area contributed by atoms with E-state index < -0.39 is 15.9 Å². The van der Waals surface area contributed by atoms with Crippen LogP contribution >= 0.6 is 23.2 Å². The maximum Gasteiger partial charge on any atom is 0.263 e. The molecule has 0 atom stereocenters. The van der Waals surface area contributed by atoms with Crippen molar-refractivity contribution in [3.8, 4) is 0 Å². The van der Waals surface area contributed by atoms with Gasteiger partial charge in [-0.05, 0) is 55.0 Å². The van der Waals surface area contributed by atoms with Gasteiger partial charge >= 0.3 is 0 Å². The van der Waals surface area contributed by atoms with Crippen LogP contribution < -0.4 is 10.0 Å². The van der Waals surface area contributed by atoms with Crippen LogP contribution in [0.2, 0.25) is 10.0 Å². The van der Waals surface area contributed by atoms with Crippen LogP contribution in [-0.4, -0.2) is 14.3 Å². The van der Waals surface area contributed by atoms with Crippen molar-refractivity contribution in [3.05, 3.63) is 87.9 Å². The number of benzene rings is 3. The number of carbonyl (C=O) groups is 1. The molecule has 0 unspecified atom stereocenters. The van der Waals surface area contributed by atoms with Crippen LogP contribution in [0, 0.1) is 6.92 Å². The van der Waals surface area contributed by atoms with Gasteiger partial charge in [0.1, 0.15) is 4.90 Å². The zero-order chi connectivity index (χ0) is 20.3. The predicted molar refractivity (Wildman–Crippen MR) is 113 cm³/mol. The fraction of sp³-hybridized carbons (Fsp3) is 0.0500. The third-order valence-electron chi connectivity index (χ3n) is 3.95. The summed E-state index contributed by atoms with van der Waals surface area (Å²) in [5.74, 6) is -0.480. The molecule has 8 heteroatoms. The third-order valence-corrected chi connectivity index (χ3v) is 6.04. The fourth-order valence-corrected chi connectivity index (χ4v) is 4.36. The summed E-state index contributed by atoms with van der Waals surface area (Å²) in [7, 11) is -3.99. The summed E-state index contributed by atoms with van der Waals surface area (Å²) in [5, 5.41) is 3.16. The Hall–Kier alpha value is -2.54. The van der Waals surface area contributed by atoms with Gasteiger partial charge in [0.25, 0.3) is 15.9 Å². The second-order valence-electron chi connectivity index (χ2n) is 6.03. The van der Waals surface area contributed by atoms with Crippen molar-refractivity contribution in [1.82, 2.24) is 0 Å². The van der Waals surface area contributed by atoms with Gasteiger partial charge in [0.15, 0.2) is 0 Å². The number of amides is 1. The Labute approximate surface area is 173 Å². The Morgan fingerprint density at radius 1 is 0.929 bits per heavy atom. The van der Waals surface area contributed by atoms with Crippen molar-refractivity contribution >= 4 is 50.5 Å². The van der Waals surface area contributed by atoms with Crippen molar-refractivity contribution in [2.24, 2.45) is 0 Å². The first-order chi connectivity index (χ1) is 13.3. The van der Waals surface area contributed by atoms with Gasteiger partial charge in [-0.15, -0.1) is 0 Å². The summed E-state index contributed by atoms with van der Waals surface area (Å²) >= 11 is 12.0. The highest BCUT2D eigenvalue weighted by Gasteiger charge is 2.21. The van der Waals surface area contributed by atoms with Crippen molar-refractivity contribution < 1.29 is 13.2 Å². The van der Waals surface area contributed by atoms with E-state index in [0.717, 1.165) is 5.56 Å². The number of halogens is 2. The van der Waals surface area contributed by atoms with E-state index in [1.165, 1.54) is 18.2 Å². The molecule has 0 spiro atoms. The molecule has 3 aromatic carbocycles. The lowest BCUT2D eigenvalue weighted by Crippen LogP contribution is -2.17. The van der Waals surface area contributed by atoms with Gasteiger partial charge in [-0.3, -0.25) is 9.52 Å². The maximum absolute atomic E-state index is 12.8. The van der Waals surface area contributed by atoms with Gasteiger partial charge < -0.3 is 5.32 Å². The SMILES string of the molecule is Cc1ccccc1NS(=O)(=O)c1cc(C(=O)Nc2cccc(Cl)c2)ccc1Cl. The quantitative estimate of drug-likeness (QED) is 0.567. The first-order valence-corrected chi connectivity index (χ1v) is 10.4. The van der Waals surface area contributed by atoms with E-state index in [0.29, 0.717) is 16.4 Å². The molecule has 0 aliphatic rings. The van der Waals surface area contributed by atoms with Crippen LogP contribution in [0.1, 0.15) is 15.9 Å². The van der Waals surface area contributed by atoms with Gasteiger partial charge in [0.05, 0.1) is 10.7 Å². The Bertz CT molecular complexity index is 1150. The smallest absolute Gasteiger partial charge is 0.263 e. The normalized spacial score (nSPS) is 11.1. The number of hydrogen-bond donors (Lipinski definition) is 2. The molecule has 0 aromatic heterocycles. The van der Waals surface area contributed by atoms with E-state index in [2.05, 4.69) is 10.0 Å². The lowest BCUT2D eigenvalue weighted by Gasteiger charge is -2.13. The molecule has 0 saturated heterocycles. The molecule has 144 valence electrons. The second-order valence-corrected chi connectivity index (χ2v) is 8.52. The fourth-order valence-electron chi connectivity index (χ4n) is 2.51. The summed E-state index contributed by atoms with van der Waals surface area (Å²) < 4.78 is 28.1. The topological polar surface area (TPSA) is 75.3 Å². The average Bonchev–Trinajstić information content (AvgIpc) is 2.63. The van der Waals surface area contributed by atoms with Crippen molar-refractivity contribution in [1.29, 1.82) is 0 Å². The van der Waals surface area contributed by atoms with Gasteiger partial charge in [-0.25, -0.2) is 8.42 Å². The molecule has 3 rings (SSSR count). The molecule has 0 radical (unpaired) electrons. The number of hydrogen-bond acceptors (Lipinski definition) is 3. The molecule has 0 aliphatic carbocycles. The van der Waals surface area contributed by atoms with Crippen LogP contribution in [-0.2, 0) is 10.0 Å². The van der Waals surface area contributed by atoms with Crippen molar-refractivity contribution in [2.75, 3.05) is 10.0 Å². The van der Waals surface area contributed by atoms with Crippen molar-refractivity contribution in [2.45, 2.75) is 11.8 Å². The minimum absolute atomic E-state index is 0.0142. The molecule has 2 N–H and O–H groups in total. The maximum atomic E-state index is 12.8. The molecule has 0 saturated carbocycles. The van der Waals surface area contributed by atoms with Gasteiger partial charge in [-0.2, -0.15) is 0 Å². The monoisotopic (exact) mass is 434 g/mol. The number of rotatable bonds is 5. The third kappa shape index (κ3) is 4.65. The highest BCUT2D eigenvalue weighted by Crippen LogP contribution is 2.26. The largest absolute Gasteiger partial charge is 0.322 e. The number of anilines is 2. The molecule has 28 heavy (non-hydrogen) atoms. The second kappa shape index (κ2) is 8.22. The molecule has 0 bridgehead atoms. The van der Waals surface area contributed by atoms with Gasteiger partial charge in [-0.1, -0.05) is 47.5 Å². The molecule has 1 amide bonds. The summed E-state index contributed by atoms with van der Waals surface area (Å²) in [4.78, 5) is 12.3. The van der Waals surface area contributed by atoms with E-state index in [-0.39, 0.29) is 15.5 Å². The minimum Gasteiger partial charge on any atom is -0.322 e. The number of nitrogens with one attached hydrogen (secondary N) is 2. The molecular formula is C20H16Cl2N2O3S. The first kappa shape index (κ1) is 20.2. The van der Waals surface area contributed by atoms with E-state index in [1.54, 1.807) is 55.5 Å². The minimum atomic E-state index is -3.99.